The molecule has 0 unspecified atom stereocenters. The molecule has 0 radical (unpaired) electrons. The third-order valence-electron chi connectivity index (χ3n) is 7.33. The van der Waals surface area contributed by atoms with Crippen LogP contribution in [0.15, 0.2) is 54.9 Å². The molecule has 0 aliphatic carbocycles. The summed E-state index contributed by atoms with van der Waals surface area (Å²) in [4.78, 5) is 20.9. The van der Waals surface area contributed by atoms with E-state index in [9.17, 15) is 4.79 Å². The molecule has 1 aliphatic rings. The van der Waals surface area contributed by atoms with Crippen molar-refractivity contribution in [3.63, 3.8) is 0 Å². The lowest BCUT2D eigenvalue weighted by Crippen LogP contribution is -2.43. The van der Waals surface area contributed by atoms with Gasteiger partial charge in [0.15, 0.2) is 5.11 Å². The van der Waals surface area contributed by atoms with E-state index in [4.69, 9.17) is 12.2 Å². The highest BCUT2D eigenvalue weighted by Gasteiger charge is 2.18. The molecule has 4 N–H and O–H groups in total. The van der Waals surface area contributed by atoms with Crippen LogP contribution >= 0.6 is 12.2 Å². The van der Waals surface area contributed by atoms with Crippen LogP contribution in [-0.2, 0) is 24.3 Å². The predicted octanol–water partition coefficient (Wildman–Crippen LogP) is 3.92. The molecule has 2 aromatic carbocycles. The van der Waals surface area contributed by atoms with Gasteiger partial charge < -0.3 is 30.4 Å². The van der Waals surface area contributed by atoms with Gasteiger partial charge >= 0.3 is 0 Å². The number of fused-ring (bicyclic) bond motifs is 2. The molecule has 0 saturated carbocycles. The minimum atomic E-state index is 0.0147. The van der Waals surface area contributed by atoms with Crippen LogP contribution in [0.3, 0.4) is 0 Å². The zero-order chi connectivity index (χ0) is 27.4. The van der Waals surface area contributed by atoms with Crippen LogP contribution in [0.25, 0.3) is 21.8 Å². The van der Waals surface area contributed by atoms with E-state index in [1.165, 1.54) is 21.9 Å². The van der Waals surface area contributed by atoms with Gasteiger partial charge in [0.2, 0.25) is 5.91 Å². The fourth-order valence-electron chi connectivity index (χ4n) is 5.30. The number of likely N-dealkylation sites (N-methyl/N-ethyl adjacent to an activating group) is 1. The summed E-state index contributed by atoms with van der Waals surface area (Å²) in [5.74, 6) is 0.0147. The van der Waals surface area contributed by atoms with Crippen molar-refractivity contribution in [3.05, 3.63) is 66.0 Å². The van der Waals surface area contributed by atoms with Gasteiger partial charge in [-0.15, -0.1) is 0 Å². The molecule has 4 aromatic rings. The SMILES string of the molecule is CC(C)NC(=O)Cn1cc(CN2CCN(C)CC2)c2ccc(NC(=S)NCCc3c[nH]c4ccccc34)cc21. The highest BCUT2D eigenvalue weighted by molar-refractivity contribution is 7.80. The molecule has 0 bridgehead atoms. The number of nitrogens with zero attached hydrogens (tertiary/aromatic N) is 3. The van der Waals surface area contributed by atoms with Crippen molar-refractivity contribution >= 4 is 50.7 Å². The smallest absolute Gasteiger partial charge is 0.240 e. The number of hydrogen-bond acceptors (Lipinski definition) is 4. The molecule has 39 heavy (non-hydrogen) atoms. The van der Waals surface area contributed by atoms with Crippen molar-refractivity contribution in [1.29, 1.82) is 0 Å². The number of aromatic amines is 1. The van der Waals surface area contributed by atoms with Gasteiger partial charge in [0, 0.05) is 79.7 Å². The number of para-hydroxylation sites is 1. The van der Waals surface area contributed by atoms with Crippen LogP contribution in [0.2, 0.25) is 0 Å². The van der Waals surface area contributed by atoms with E-state index >= 15 is 0 Å². The highest BCUT2D eigenvalue weighted by Crippen LogP contribution is 2.27. The van der Waals surface area contributed by atoms with Crippen LogP contribution in [0.5, 0.6) is 0 Å². The summed E-state index contributed by atoms with van der Waals surface area (Å²) in [6.07, 6.45) is 5.08. The maximum atomic E-state index is 12.7. The fraction of sp³-hybridized carbons (Fsp3) is 0.400. The summed E-state index contributed by atoms with van der Waals surface area (Å²) in [7, 11) is 2.17. The number of aromatic nitrogens is 2. The number of anilines is 1. The molecule has 5 rings (SSSR count). The van der Waals surface area contributed by atoms with Crippen molar-refractivity contribution in [2.75, 3.05) is 45.1 Å². The van der Waals surface area contributed by atoms with Crippen LogP contribution in [0.4, 0.5) is 5.69 Å². The van der Waals surface area contributed by atoms with Crippen molar-refractivity contribution < 1.29 is 4.79 Å². The maximum Gasteiger partial charge on any atom is 0.240 e. The summed E-state index contributed by atoms with van der Waals surface area (Å²) >= 11 is 5.61. The van der Waals surface area contributed by atoms with E-state index in [0.717, 1.165) is 62.4 Å². The Bertz CT molecular complexity index is 1450. The second-order valence-electron chi connectivity index (χ2n) is 10.8. The van der Waals surface area contributed by atoms with Gasteiger partial charge in [-0.2, -0.15) is 0 Å². The Balaban J connectivity index is 1.27. The van der Waals surface area contributed by atoms with Gasteiger partial charge in [-0.25, -0.2) is 0 Å². The van der Waals surface area contributed by atoms with E-state index < -0.39 is 0 Å². The molecule has 1 aliphatic heterocycles. The maximum absolute atomic E-state index is 12.7. The lowest BCUT2D eigenvalue weighted by Gasteiger charge is -2.32. The second kappa shape index (κ2) is 12.2. The molecule has 1 saturated heterocycles. The molecule has 1 amide bonds. The Hall–Kier alpha value is -3.40. The molecule has 8 nitrogen and oxygen atoms in total. The van der Waals surface area contributed by atoms with Crippen molar-refractivity contribution in [3.8, 4) is 0 Å². The lowest BCUT2D eigenvalue weighted by atomic mass is 10.1. The largest absolute Gasteiger partial charge is 0.362 e. The quantitative estimate of drug-likeness (QED) is 0.239. The van der Waals surface area contributed by atoms with Crippen LogP contribution in [0.1, 0.15) is 25.0 Å². The summed E-state index contributed by atoms with van der Waals surface area (Å²) in [5.41, 5.74) is 5.61. The second-order valence-corrected chi connectivity index (χ2v) is 11.2. The van der Waals surface area contributed by atoms with E-state index in [0.29, 0.717) is 5.11 Å². The Labute approximate surface area is 235 Å². The third kappa shape index (κ3) is 6.79. The first-order valence-corrected chi connectivity index (χ1v) is 14.2. The minimum Gasteiger partial charge on any atom is -0.362 e. The summed E-state index contributed by atoms with van der Waals surface area (Å²) < 4.78 is 2.07. The van der Waals surface area contributed by atoms with E-state index in [1.807, 2.05) is 19.9 Å². The topological polar surface area (TPSA) is 80.4 Å². The molecule has 9 heteroatoms. The van der Waals surface area contributed by atoms with Gasteiger partial charge in [-0.05, 0) is 68.9 Å². The molecule has 3 heterocycles. The Morgan fingerprint density at radius 2 is 1.85 bits per heavy atom. The van der Waals surface area contributed by atoms with E-state index in [1.54, 1.807) is 0 Å². The number of benzene rings is 2. The zero-order valence-corrected chi connectivity index (χ0v) is 23.9. The molecule has 1 fully saturated rings. The third-order valence-corrected chi connectivity index (χ3v) is 7.58. The standard InChI is InChI=1S/C30H39N7OS/c1-21(2)33-29(38)20-37-19-23(18-36-14-12-35(3)13-15-36)26-9-8-24(16-28(26)37)34-30(39)31-11-10-22-17-32-27-7-5-4-6-25(22)27/h4-9,16-17,19,21,32H,10-15,18,20H2,1-3H3,(H,33,38)(H2,31,34,39). The number of nitrogens with one attached hydrogen (secondary N) is 4. The molecular formula is C30H39N7OS. The van der Waals surface area contributed by atoms with Crippen LogP contribution < -0.4 is 16.0 Å². The fourth-order valence-corrected chi connectivity index (χ4v) is 5.52. The van der Waals surface area contributed by atoms with Gasteiger partial charge in [0.1, 0.15) is 6.54 Å². The first-order valence-electron chi connectivity index (χ1n) is 13.8. The number of H-pyrrole nitrogens is 1. The van der Waals surface area contributed by atoms with Gasteiger partial charge in [0.05, 0.1) is 5.52 Å². The summed E-state index contributed by atoms with van der Waals surface area (Å²) in [5, 5.41) is 12.7. The van der Waals surface area contributed by atoms with Crippen molar-refractivity contribution in [2.24, 2.45) is 0 Å². The highest BCUT2D eigenvalue weighted by atomic mass is 32.1. The summed E-state index contributed by atoms with van der Waals surface area (Å²) in [6, 6.07) is 14.8. The monoisotopic (exact) mass is 545 g/mol. The van der Waals surface area contributed by atoms with Gasteiger partial charge in [-0.1, -0.05) is 24.3 Å². The van der Waals surface area contributed by atoms with Crippen LogP contribution in [0, 0.1) is 0 Å². The van der Waals surface area contributed by atoms with Crippen molar-refractivity contribution in [1.82, 2.24) is 30.0 Å². The molecule has 206 valence electrons. The first-order chi connectivity index (χ1) is 18.9. The number of rotatable bonds is 9. The van der Waals surface area contributed by atoms with Crippen LogP contribution in [-0.4, -0.2) is 76.2 Å². The number of amides is 1. The number of carbonyl (C=O) groups is 1. The molecule has 2 aromatic heterocycles. The first kappa shape index (κ1) is 27.2. The predicted molar refractivity (Wildman–Crippen MR) is 164 cm³/mol. The normalized spacial score (nSPS) is 14.8. The number of hydrogen-bond donors (Lipinski definition) is 4. The minimum absolute atomic E-state index is 0.0147. The van der Waals surface area contributed by atoms with Crippen molar-refractivity contribution in [2.45, 2.75) is 39.4 Å². The molecule has 0 spiro atoms. The average molecular weight is 546 g/mol. The van der Waals surface area contributed by atoms with E-state index in [2.05, 4.69) is 91.1 Å². The Morgan fingerprint density at radius 1 is 1.05 bits per heavy atom. The van der Waals surface area contributed by atoms with Gasteiger partial charge in [-0.3, -0.25) is 9.69 Å². The number of carbonyl (C=O) groups excluding carboxylic acids is 1. The number of piperazine rings is 1. The Kier molecular flexibility index (Phi) is 8.50. The zero-order valence-electron chi connectivity index (χ0n) is 23.1. The average Bonchev–Trinajstić information content (AvgIpc) is 3.46. The number of thiocarbonyl (C=S) groups is 1. The molecule has 0 atom stereocenters. The lowest BCUT2D eigenvalue weighted by molar-refractivity contribution is -0.122. The Morgan fingerprint density at radius 3 is 2.64 bits per heavy atom. The molecular weight excluding hydrogens is 506 g/mol. The van der Waals surface area contributed by atoms with E-state index in [-0.39, 0.29) is 18.5 Å². The summed E-state index contributed by atoms with van der Waals surface area (Å²) in [6.45, 7) is 10.1. The van der Waals surface area contributed by atoms with Gasteiger partial charge in [0.25, 0.3) is 0 Å².